The summed E-state index contributed by atoms with van der Waals surface area (Å²) in [7, 11) is 1.77. The van der Waals surface area contributed by atoms with Crippen LogP contribution in [0.5, 0.6) is 0 Å². The van der Waals surface area contributed by atoms with Gasteiger partial charge in [0.05, 0.1) is 6.10 Å². The van der Waals surface area contributed by atoms with Crippen molar-refractivity contribution in [1.29, 1.82) is 0 Å². The Balaban J connectivity index is 3.19. The molecular formula is C11H22O2. The van der Waals surface area contributed by atoms with Crippen molar-refractivity contribution in [2.24, 2.45) is 0 Å². The van der Waals surface area contributed by atoms with Gasteiger partial charge in [-0.15, -0.1) is 0 Å². The molecule has 0 aromatic carbocycles. The molecule has 0 amide bonds. The highest BCUT2D eigenvalue weighted by atomic mass is 16.5. The van der Waals surface area contributed by atoms with Gasteiger partial charge < -0.3 is 9.53 Å². The van der Waals surface area contributed by atoms with Crippen molar-refractivity contribution in [3.05, 3.63) is 0 Å². The Kier molecular flexibility index (Phi) is 8.00. The fraction of sp³-hybridized carbons (Fsp3) is 0.909. The summed E-state index contributed by atoms with van der Waals surface area (Å²) in [5, 5.41) is 0. The summed E-state index contributed by atoms with van der Waals surface area (Å²) in [5.74, 6) is 0.304. The molecule has 0 radical (unpaired) electrons. The van der Waals surface area contributed by atoms with Gasteiger partial charge >= 0.3 is 0 Å². The predicted molar refractivity (Wildman–Crippen MR) is 54.9 cm³/mol. The van der Waals surface area contributed by atoms with Crippen LogP contribution in [0.15, 0.2) is 0 Å². The van der Waals surface area contributed by atoms with Crippen LogP contribution in [0.25, 0.3) is 0 Å². The number of rotatable bonds is 8. The van der Waals surface area contributed by atoms with E-state index in [1.165, 1.54) is 6.42 Å². The van der Waals surface area contributed by atoms with Crippen molar-refractivity contribution in [2.45, 2.75) is 58.5 Å². The first-order valence-corrected chi connectivity index (χ1v) is 5.23. The summed E-state index contributed by atoms with van der Waals surface area (Å²) in [6.07, 6.45) is 6.74. The first-order valence-electron chi connectivity index (χ1n) is 5.23. The SMILES string of the molecule is CCC(CCCCCC(C)=O)OC. The number of carbonyl (C=O) groups excluding carboxylic acids is 1. The second-order valence-corrected chi connectivity index (χ2v) is 3.57. The molecule has 0 aliphatic heterocycles. The maximum atomic E-state index is 10.6. The molecule has 0 aromatic rings. The van der Waals surface area contributed by atoms with Crippen molar-refractivity contribution in [3.8, 4) is 0 Å². The van der Waals surface area contributed by atoms with E-state index in [9.17, 15) is 4.79 Å². The van der Waals surface area contributed by atoms with E-state index < -0.39 is 0 Å². The number of methoxy groups -OCH3 is 1. The lowest BCUT2D eigenvalue weighted by molar-refractivity contribution is -0.117. The number of Topliss-reactive ketones (excluding diaryl/α,β-unsaturated/α-hetero) is 1. The molecule has 0 fully saturated rings. The first-order chi connectivity index (χ1) is 6.20. The molecule has 0 aliphatic rings. The molecule has 0 spiro atoms. The van der Waals surface area contributed by atoms with Gasteiger partial charge in [-0.1, -0.05) is 19.8 Å². The fourth-order valence-corrected chi connectivity index (χ4v) is 1.41. The number of ketones is 1. The van der Waals surface area contributed by atoms with Crippen LogP contribution in [0.2, 0.25) is 0 Å². The average molecular weight is 186 g/mol. The summed E-state index contributed by atoms with van der Waals surface area (Å²) in [6, 6.07) is 0. The van der Waals surface area contributed by atoms with Gasteiger partial charge in [0, 0.05) is 13.5 Å². The van der Waals surface area contributed by atoms with E-state index in [4.69, 9.17) is 4.74 Å². The number of unbranched alkanes of at least 4 members (excludes halogenated alkanes) is 2. The van der Waals surface area contributed by atoms with E-state index in [-0.39, 0.29) is 0 Å². The molecule has 0 rings (SSSR count). The van der Waals surface area contributed by atoms with Gasteiger partial charge in [-0.3, -0.25) is 0 Å². The molecule has 0 bridgehead atoms. The van der Waals surface area contributed by atoms with Crippen molar-refractivity contribution in [2.75, 3.05) is 7.11 Å². The molecule has 0 saturated heterocycles. The largest absolute Gasteiger partial charge is 0.381 e. The van der Waals surface area contributed by atoms with Crippen molar-refractivity contribution in [1.82, 2.24) is 0 Å². The van der Waals surface area contributed by atoms with E-state index in [0.717, 1.165) is 32.1 Å². The van der Waals surface area contributed by atoms with Gasteiger partial charge in [0.1, 0.15) is 5.78 Å². The van der Waals surface area contributed by atoms with E-state index in [0.29, 0.717) is 11.9 Å². The third-order valence-electron chi connectivity index (χ3n) is 2.34. The van der Waals surface area contributed by atoms with Crippen LogP contribution in [-0.4, -0.2) is 19.0 Å². The Morgan fingerprint density at radius 2 is 2.00 bits per heavy atom. The van der Waals surface area contributed by atoms with Crippen LogP contribution in [0.4, 0.5) is 0 Å². The minimum absolute atomic E-state index is 0.304. The third kappa shape index (κ3) is 7.97. The van der Waals surface area contributed by atoms with Crippen LogP contribution in [0.1, 0.15) is 52.4 Å². The smallest absolute Gasteiger partial charge is 0.129 e. The van der Waals surface area contributed by atoms with Gasteiger partial charge in [-0.25, -0.2) is 0 Å². The molecule has 0 saturated carbocycles. The molecular weight excluding hydrogens is 164 g/mol. The topological polar surface area (TPSA) is 26.3 Å². The number of hydrogen-bond donors (Lipinski definition) is 0. The van der Waals surface area contributed by atoms with Gasteiger partial charge in [0.2, 0.25) is 0 Å². The first kappa shape index (κ1) is 12.6. The average Bonchev–Trinajstić information content (AvgIpc) is 2.11. The summed E-state index contributed by atoms with van der Waals surface area (Å²) in [6.45, 7) is 3.80. The monoisotopic (exact) mass is 186 g/mol. The van der Waals surface area contributed by atoms with E-state index in [1.807, 2.05) is 0 Å². The quantitative estimate of drug-likeness (QED) is 0.545. The maximum Gasteiger partial charge on any atom is 0.129 e. The molecule has 2 heteroatoms. The molecule has 2 nitrogen and oxygen atoms in total. The van der Waals surface area contributed by atoms with Crippen LogP contribution in [-0.2, 0) is 9.53 Å². The summed E-state index contributed by atoms with van der Waals surface area (Å²) in [5.41, 5.74) is 0. The molecule has 0 N–H and O–H groups in total. The highest BCUT2D eigenvalue weighted by molar-refractivity contribution is 5.75. The van der Waals surface area contributed by atoms with E-state index in [2.05, 4.69) is 6.92 Å². The maximum absolute atomic E-state index is 10.6. The van der Waals surface area contributed by atoms with Gasteiger partial charge in [-0.05, 0) is 26.2 Å². The van der Waals surface area contributed by atoms with E-state index in [1.54, 1.807) is 14.0 Å². The van der Waals surface area contributed by atoms with Gasteiger partial charge in [-0.2, -0.15) is 0 Å². The predicted octanol–water partition coefficient (Wildman–Crippen LogP) is 2.95. The zero-order chi connectivity index (χ0) is 10.1. The fourth-order valence-electron chi connectivity index (χ4n) is 1.41. The molecule has 1 atom stereocenters. The summed E-state index contributed by atoms with van der Waals surface area (Å²) < 4.78 is 5.26. The minimum Gasteiger partial charge on any atom is -0.381 e. The third-order valence-corrected chi connectivity index (χ3v) is 2.34. The molecule has 0 heterocycles. The van der Waals surface area contributed by atoms with Crippen LogP contribution < -0.4 is 0 Å². The Morgan fingerprint density at radius 1 is 1.31 bits per heavy atom. The molecule has 78 valence electrons. The standard InChI is InChI=1S/C11H22O2/c1-4-11(13-3)9-7-5-6-8-10(2)12/h11H,4-9H2,1-3H3. The van der Waals surface area contributed by atoms with Crippen molar-refractivity contribution < 1.29 is 9.53 Å². The normalized spacial score (nSPS) is 12.8. The zero-order valence-corrected chi connectivity index (χ0v) is 9.14. The Labute approximate surface area is 81.7 Å². The lowest BCUT2D eigenvalue weighted by Crippen LogP contribution is -2.08. The second-order valence-electron chi connectivity index (χ2n) is 3.57. The highest BCUT2D eigenvalue weighted by Crippen LogP contribution is 2.10. The van der Waals surface area contributed by atoms with Crippen molar-refractivity contribution in [3.63, 3.8) is 0 Å². The summed E-state index contributed by atoms with van der Waals surface area (Å²) in [4.78, 5) is 10.6. The zero-order valence-electron chi connectivity index (χ0n) is 9.14. The highest BCUT2D eigenvalue weighted by Gasteiger charge is 2.03. The Bertz CT molecular complexity index is 128. The van der Waals surface area contributed by atoms with Crippen LogP contribution >= 0.6 is 0 Å². The van der Waals surface area contributed by atoms with Gasteiger partial charge in [0.15, 0.2) is 0 Å². The molecule has 1 unspecified atom stereocenters. The number of carbonyl (C=O) groups is 1. The summed E-state index contributed by atoms with van der Waals surface area (Å²) >= 11 is 0. The van der Waals surface area contributed by atoms with E-state index >= 15 is 0 Å². The van der Waals surface area contributed by atoms with Crippen LogP contribution in [0.3, 0.4) is 0 Å². The van der Waals surface area contributed by atoms with Crippen molar-refractivity contribution >= 4 is 5.78 Å². The molecule has 13 heavy (non-hydrogen) atoms. The second kappa shape index (κ2) is 8.24. The molecule has 0 aliphatic carbocycles. The number of ether oxygens (including phenoxy) is 1. The van der Waals surface area contributed by atoms with Crippen LogP contribution in [0, 0.1) is 0 Å². The molecule has 0 aromatic heterocycles. The lowest BCUT2D eigenvalue weighted by Gasteiger charge is -2.11. The lowest BCUT2D eigenvalue weighted by atomic mass is 10.1. The minimum atomic E-state index is 0.304. The Hall–Kier alpha value is -0.370. The Morgan fingerprint density at radius 3 is 2.46 bits per heavy atom. The number of hydrogen-bond acceptors (Lipinski definition) is 2. The van der Waals surface area contributed by atoms with Gasteiger partial charge in [0.25, 0.3) is 0 Å².